The third-order valence-electron chi connectivity index (χ3n) is 6.14. The van der Waals surface area contributed by atoms with Gasteiger partial charge in [0.25, 0.3) is 0 Å². The molecule has 0 bridgehead atoms. The number of aromatic nitrogens is 4. The van der Waals surface area contributed by atoms with Crippen molar-refractivity contribution in [1.82, 2.24) is 19.7 Å². The van der Waals surface area contributed by atoms with Gasteiger partial charge in [0.15, 0.2) is 0 Å². The number of aryl methyl sites for hydroxylation is 2. The highest BCUT2D eigenvalue weighted by atomic mass is 16.5. The van der Waals surface area contributed by atoms with Crippen LogP contribution < -0.4 is 0 Å². The van der Waals surface area contributed by atoms with Gasteiger partial charge in [-0.05, 0) is 50.1 Å². The van der Waals surface area contributed by atoms with Crippen molar-refractivity contribution in [2.45, 2.75) is 33.2 Å². The first-order valence-corrected chi connectivity index (χ1v) is 11.1. The van der Waals surface area contributed by atoms with Gasteiger partial charge < -0.3 is 14.2 Å². The number of aliphatic carboxylic acids is 1. The second kappa shape index (κ2) is 8.59. The second-order valence-electron chi connectivity index (χ2n) is 8.44. The van der Waals surface area contributed by atoms with Gasteiger partial charge in [0.1, 0.15) is 5.76 Å². The lowest BCUT2D eigenvalue weighted by atomic mass is 10.0. The van der Waals surface area contributed by atoms with E-state index in [2.05, 4.69) is 33.9 Å². The molecule has 4 aromatic heterocycles. The molecule has 0 aliphatic rings. The average Bonchev–Trinajstić information content (AvgIpc) is 3.38. The van der Waals surface area contributed by atoms with Crippen LogP contribution >= 0.6 is 0 Å². The summed E-state index contributed by atoms with van der Waals surface area (Å²) >= 11 is 0. The van der Waals surface area contributed by atoms with Crippen LogP contribution in [0.1, 0.15) is 35.7 Å². The molecule has 170 valence electrons. The summed E-state index contributed by atoms with van der Waals surface area (Å²) in [5.41, 5.74) is 8.22. The summed E-state index contributed by atoms with van der Waals surface area (Å²) in [6.07, 6.45) is 5.75. The molecule has 34 heavy (non-hydrogen) atoms. The van der Waals surface area contributed by atoms with Crippen LogP contribution in [0.25, 0.3) is 33.3 Å². The molecule has 0 unspecified atom stereocenters. The average molecular weight is 453 g/mol. The number of carbonyl (C=O) groups is 1. The van der Waals surface area contributed by atoms with Gasteiger partial charge in [-0.1, -0.05) is 35.5 Å². The molecule has 5 aromatic rings. The first-order valence-electron chi connectivity index (χ1n) is 11.1. The smallest absolute Gasteiger partial charge is 0.307 e. The zero-order valence-electron chi connectivity index (χ0n) is 19.2. The summed E-state index contributed by atoms with van der Waals surface area (Å²) in [7, 11) is 0. The maximum absolute atomic E-state index is 11.1. The highest BCUT2D eigenvalue weighted by Crippen LogP contribution is 2.36. The number of carboxylic acid groups (broad SMARTS) is 1. The Morgan fingerprint density at radius 2 is 1.88 bits per heavy atom. The standard InChI is InChI=1S/C27H24N4O3/c1-16-26(18(3)34-30-16)21-13-24-27(29-14-21)22(20-9-7-19(8-10-20)12-25(32)33)15-31(24)17(2)23-6-4-5-11-28-23/h4-11,13-15,17H,12H2,1-3H3,(H,32,33)/t17-/m0/s1. The largest absolute Gasteiger partial charge is 0.481 e. The lowest BCUT2D eigenvalue weighted by Gasteiger charge is -2.15. The molecule has 0 aliphatic heterocycles. The van der Waals surface area contributed by atoms with Crippen LogP contribution in [0, 0.1) is 13.8 Å². The van der Waals surface area contributed by atoms with E-state index in [1.807, 2.05) is 62.5 Å². The fraction of sp³-hybridized carbons (Fsp3) is 0.185. The van der Waals surface area contributed by atoms with Crippen molar-refractivity contribution >= 4 is 17.0 Å². The summed E-state index contributed by atoms with van der Waals surface area (Å²) in [5, 5.41) is 13.2. The minimum absolute atomic E-state index is 0.00218. The molecule has 4 heterocycles. The van der Waals surface area contributed by atoms with Crippen molar-refractivity contribution in [2.75, 3.05) is 0 Å². The first kappa shape index (κ1) is 21.6. The Hall–Kier alpha value is -4.26. The Bertz CT molecular complexity index is 1460. The SMILES string of the molecule is Cc1noc(C)c1-c1cnc2c(-c3ccc(CC(=O)O)cc3)cn([C@@H](C)c3ccccn3)c2c1. The molecule has 0 saturated carbocycles. The normalized spacial score (nSPS) is 12.2. The third-order valence-corrected chi connectivity index (χ3v) is 6.14. The molecule has 0 radical (unpaired) electrons. The topological polar surface area (TPSA) is 94.0 Å². The fourth-order valence-corrected chi connectivity index (χ4v) is 4.43. The first-order chi connectivity index (χ1) is 16.4. The Morgan fingerprint density at radius 1 is 1.09 bits per heavy atom. The number of fused-ring (bicyclic) bond motifs is 1. The van der Waals surface area contributed by atoms with Crippen LogP contribution in [0.15, 0.2) is 71.6 Å². The van der Waals surface area contributed by atoms with Crippen molar-refractivity contribution in [3.8, 4) is 22.3 Å². The molecule has 7 nitrogen and oxygen atoms in total. The van der Waals surface area contributed by atoms with Crippen LogP contribution in [-0.4, -0.2) is 30.8 Å². The van der Waals surface area contributed by atoms with Gasteiger partial charge in [0.2, 0.25) is 0 Å². The monoisotopic (exact) mass is 452 g/mol. The Kier molecular flexibility index (Phi) is 5.45. The predicted molar refractivity (Wildman–Crippen MR) is 130 cm³/mol. The van der Waals surface area contributed by atoms with Crippen LogP contribution in [0.3, 0.4) is 0 Å². The van der Waals surface area contributed by atoms with E-state index in [4.69, 9.17) is 14.6 Å². The second-order valence-corrected chi connectivity index (χ2v) is 8.44. The summed E-state index contributed by atoms with van der Waals surface area (Å²) in [6, 6.07) is 15.6. The number of benzene rings is 1. The van der Waals surface area contributed by atoms with Crippen LogP contribution in [-0.2, 0) is 11.2 Å². The molecule has 1 N–H and O–H groups in total. The zero-order chi connectivity index (χ0) is 23.8. The highest BCUT2D eigenvalue weighted by Gasteiger charge is 2.20. The minimum atomic E-state index is -0.845. The molecule has 0 aliphatic carbocycles. The van der Waals surface area contributed by atoms with Gasteiger partial charge in [0.05, 0.1) is 34.9 Å². The number of nitrogens with zero attached hydrogens (tertiary/aromatic N) is 4. The highest BCUT2D eigenvalue weighted by molar-refractivity contribution is 5.95. The van der Waals surface area contributed by atoms with Crippen molar-refractivity contribution in [2.24, 2.45) is 0 Å². The third kappa shape index (κ3) is 3.85. The summed E-state index contributed by atoms with van der Waals surface area (Å²) in [6.45, 7) is 5.94. The molecule has 0 fully saturated rings. The Morgan fingerprint density at radius 3 is 2.53 bits per heavy atom. The number of pyridine rings is 2. The van der Waals surface area contributed by atoms with Gasteiger partial charge in [-0.3, -0.25) is 14.8 Å². The van der Waals surface area contributed by atoms with Crippen LogP contribution in [0.5, 0.6) is 0 Å². The predicted octanol–water partition coefficient (Wildman–Crippen LogP) is 5.61. The molecule has 0 saturated heterocycles. The van der Waals surface area contributed by atoms with Crippen LogP contribution in [0.2, 0.25) is 0 Å². The van der Waals surface area contributed by atoms with E-state index in [1.165, 1.54) is 0 Å². The van der Waals surface area contributed by atoms with Gasteiger partial charge in [-0.25, -0.2) is 0 Å². The molecule has 1 aromatic carbocycles. The molecular formula is C27H24N4O3. The van der Waals surface area contributed by atoms with E-state index < -0.39 is 5.97 Å². The van der Waals surface area contributed by atoms with Crippen molar-refractivity contribution < 1.29 is 14.4 Å². The number of carboxylic acids is 1. The van der Waals surface area contributed by atoms with E-state index in [9.17, 15) is 4.79 Å². The molecule has 7 heteroatoms. The summed E-state index contributed by atoms with van der Waals surface area (Å²) < 4.78 is 7.57. The lowest BCUT2D eigenvalue weighted by molar-refractivity contribution is -0.136. The Balaban J connectivity index is 1.68. The molecule has 0 spiro atoms. The van der Waals surface area contributed by atoms with Crippen molar-refractivity contribution in [3.63, 3.8) is 0 Å². The zero-order valence-corrected chi connectivity index (χ0v) is 19.2. The molecule has 0 amide bonds. The quantitative estimate of drug-likeness (QED) is 0.360. The molecule has 5 rings (SSSR count). The van der Waals surface area contributed by atoms with Crippen molar-refractivity contribution in [1.29, 1.82) is 0 Å². The maximum atomic E-state index is 11.1. The van der Waals surface area contributed by atoms with E-state index in [-0.39, 0.29) is 12.5 Å². The van der Waals surface area contributed by atoms with E-state index in [1.54, 1.807) is 6.20 Å². The lowest BCUT2D eigenvalue weighted by Crippen LogP contribution is -2.07. The molecular weight excluding hydrogens is 428 g/mol. The Labute approximate surface area is 196 Å². The van der Waals surface area contributed by atoms with E-state index >= 15 is 0 Å². The summed E-state index contributed by atoms with van der Waals surface area (Å²) in [5.74, 6) is -0.0918. The minimum Gasteiger partial charge on any atom is -0.481 e. The van der Waals surface area contributed by atoms with Gasteiger partial charge in [-0.15, -0.1) is 0 Å². The maximum Gasteiger partial charge on any atom is 0.307 e. The summed E-state index contributed by atoms with van der Waals surface area (Å²) in [4.78, 5) is 20.5. The van der Waals surface area contributed by atoms with E-state index in [0.717, 1.165) is 56.0 Å². The van der Waals surface area contributed by atoms with Crippen molar-refractivity contribution in [3.05, 3.63) is 89.8 Å². The molecule has 1 atom stereocenters. The fourth-order valence-electron chi connectivity index (χ4n) is 4.43. The van der Waals surface area contributed by atoms with Gasteiger partial charge >= 0.3 is 5.97 Å². The van der Waals surface area contributed by atoms with E-state index in [0.29, 0.717) is 0 Å². The number of rotatable bonds is 6. The number of hydrogen-bond acceptors (Lipinski definition) is 5. The van der Waals surface area contributed by atoms with Crippen LogP contribution in [0.4, 0.5) is 0 Å². The number of hydrogen-bond donors (Lipinski definition) is 1. The van der Waals surface area contributed by atoms with Gasteiger partial charge in [0, 0.05) is 35.3 Å². The van der Waals surface area contributed by atoms with Gasteiger partial charge in [-0.2, -0.15) is 0 Å².